The van der Waals surface area contributed by atoms with Crippen LogP contribution in [0.3, 0.4) is 0 Å². The third-order valence-electron chi connectivity index (χ3n) is 4.04. The molecule has 0 aromatic rings. The Balaban J connectivity index is 3.46. The third-order valence-corrected chi connectivity index (χ3v) is 4.04. The van der Waals surface area contributed by atoms with Crippen LogP contribution in [0.25, 0.3) is 0 Å². The highest BCUT2D eigenvalue weighted by atomic mass is 16.2. The van der Waals surface area contributed by atoms with E-state index in [4.69, 9.17) is 5.73 Å². The quantitative estimate of drug-likeness (QED) is 0.818. The predicted octanol–water partition coefficient (Wildman–Crippen LogP) is 3.08. The summed E-state index contributed by atoms with van der Waals surface area (Å²) in [7, 11) is 0. The monoisotopic (exact) mass is 261 g/mol. The van der Waals surface area contributed by atoms with E-state index in [2.05, 4.69) is 46.0 Å². The lowest BCUT2D eigenvalue weighted by molar-refractivity contribution is 0.231. The molecule has 1 aliphatic carbocycles. The lowest BCUT2D eigenvalue weighted by atomic mass is 9.66. The van der Waals surface area contributed by atoms with Crippen molar-refractivity contribution in [3.8, 4) is 6.07 Å². The van der Waals surface area contributed by atoms with Gasteiger partial charge in [0.15, 0.2) is 0 Å². The summed E-state index contributed by atoms with van der Waals surface area (Å²) in [6.45, 7) is 10.4. The second-order valence-electron chi connectivity index (χ2n) is 6.00. The number of nitrogens with one attached hydrogen (secondary N) is 1. The molecule has 1 aliphatic rings. The zero-order valence-corrected chi connectivity index (χ0v) is 12.4. The summed E-state index contributed by atoms with van der Waals surface area (Å²) in [6.07, 6.45) is 2.52. The van der Waals surface area contributed by atoms with Crippen LogP contribution in [-0.4, -0.2) is 6.03 Å². The van der Waals surface area contributed by atoms with Crippen LogP contribution in [0.4, 0.5) is 4.79 Å². The Hall–Kier alpha value is -1.76. The van der Waals surface area contributed by atoms with E-state index in [9.17, 15) is 10.1 Å². The van der Waals surface area contributed by atoms with Crippen LogP contribution in [0.1, 0.15) is 41.0 Å². The van der Waals surface area contributed by atoms with Gasteiger partial charge in [0.25, 0.3) is 0 Å². The molecule has 0 saturated heterocycles. The molecule has 0 spiro atoms. The Morgan fingerprint density at radius 1 is 1.47 bits per heavy atom. The molecule has 0 radical (unpaired) electrons. The van der Waals surface area contributed by atoms with E-state index in [1.165, 1.54) is 0 Å². The van der Waals surface area contributed by atoms with Crippen LogP contribution in [0.2, 0.25) is 0 Å². The summed E-state index contributed by atoms with van der Waals surface area (Å²) in [4.78, 5) is 11.3. The maximum Gasteiger partial charge on any atom is 0.316 e. The zero-order chi connectivity index (χ0) is 14.8. The third kappa shape index (κ3) is 2.98. The van der Waals surface area contributed by atoms with E-state index in [1.54, 1.807) is 0 Å². The zero-order valence-electron chi connectivity index (χ0n) is 12.4. The molecular formula is C15H23N3O. The molecule has 1 rings (SSSR count). The average Bonchev–Trinajstić information content (AvgIpc) is 2.30. The van der Waals surface area contributed by atoms with Crippen molar-refractivity contribution in [3.63, 3.8) is 0 Å². The molecule has 3 N–H and O–H groups in total. The first-order valence-corrected chi connectivity index (χ1v) is 6.64. The first kappa shape index (κ1) is 15.3. The molecule has 0 saturated carbocycles. The number of nitriles is 1. The molecule has 0 bridgehead atoms. The minimum Gasteiger partial charge on any atom is -0.351 e. The number of primary amides is 1. The van der Waals surface area contributed by atoms with Gasteiger partial charge in [0.2, 0.25) is 0 Å². The van der Waals surface area contributed by atoms with Crippen LogP contribution in [0.5, 0.6) is 0 Å². The molecule has 104 valence electrons. The van der Waals surface area contributed by atoms with Crippen molar-refractivity contribution < 1.29 is 4.79 Å². The lowest BCUT2D eigenvalue weighted by Gasteiger charge is -2.40. The minimum atomic E-state index is -0.547. The van der Waals surface area contributed by atoms with Crippen molar-refractivity contribution in [1.82, 2.24) is 5.32 Å². The highest BCUT2D eigenvalue weighted by Gasteiger charge is 2.39. The molecule has 19 heavy (non-hydrogen) atoms. The number of allylic oxidation sites excluding steroid dienone is 4. The van der Waals surface area contributed by atoms with E-state index in [0.717, 1.165) is 16.8 Å². The summed E-state index contributed by atoms with van der Waals surface area (Å²) in [5.74, 6) is 0.517. The van der Waals surface area contributed by atoms with Gasteiger partial charge in [0.05, 0.1) is 6.07 Å². The van der Waals surface area contributed by atoms with Gasteiger partial charge in [-0.2, -0.15) is 5.26 Å². The number of rotatable bonds is 3. The number of nitrogens with two attached hydrogens (primary N) is 1. The number of hydrogen-bond acceptors (Lipinski definition) is 2. The smallest absolute Gasteiger partial charge is 0.316 e. The van der Waals surface area contributed by atoms with Gasteiger partial charge in [-0.15, -0.1) is 0 Å². The number of carbonyl (C=O) groups is 1. The summed E-state index contributed by atoms with van der Waals surface area (Å²) >= 11 is 0. The molecule has 0 aliphatic heterocycles. The Morgan fingerprint density at radius 2 is 2.05 bits per heavy atom. The molecule has 0 fully saturated rings. The summed E-state index contributed by atoms with van der Waals surface area (Å²) in [5.41, 5.74) is 7.66. The molecule has 1 unspecified atom stereocenters. The highest BCUT2D eigenvalue weighted by molar-refractivity contribution is 5.74. The van der Waals surface area contributed by atoms with E-state index in [0.29, 0.717) is 12.3 Å². The fourth-order valence-corrected chi connectivity index (χ4v) is 2.48. The Morgan fingerprint density at radius 3 is 2.42 bits per heavy atom. The van der Waals surface area contributed by atoms with E-state index < -0.39 is 6.03 Å². The molecule has 0 heterocycles. The normalized spacial score (nSPS) is 23.4. The molecule has 1 atom stereocenters. The van der Waals surface area contributed by atoms with Crippen molar-refractivity contribution in [2.75, 3.05) is 0 Å². The van der Waals surface area contributed by atoms with Crippen LogP contribution in [0.15, 0.2) is 22.9 Å². The first-order chi connectivity index (χ1) is 8.72. The van der Waals surface area contributed by atoms with Crippen LogP contribution in [-0.2, 0) is 0 Å². The summed E-state index contributed by atoms with van der Waals surface area (Å²) in [5, 5.41) is 12.0. The number of amides is 2. The summed E-state index contributed by atoms with van der Waals surface area (Å²) in [6, 6.07) is 1.71. The second-order valence-corrected chi connectivity index (χ2v) is 6.00. The highest BCUT2D eigenvalue weighted by Crippen LogP contribution is 2.45. The maximum atomic E-state index is 11.3. The van der Waals surface area contributed by atoms with Crippen molar-refractivity contribution in [3.05, 3.63) is 22.9 Å². The van der Waals surface area contributed by atoms with Crippen molar-refractivity contribution in [1.29, 1.82) is 5.26 Å². The number of hydrogen-bond donors (Lipinski definition) is 2. The minimum absolute atomic E-state index is 0.226. The summed E-state index contributed by atoms with van der Waals surface area (Å²) < 4.78 is 0. The lowest BCUT2D eigenvalue weighted by Crippen LogP contribution is -2.42. The van der Waals surface area contributed by atoms with Crippen LogP contribution < -0.4 is 11.1 Å². The Kier molecular flexibility index (Phi) is 4.41. The topological polar surface area (TPSA) is 78.9 Å². The molecule has 4 nitrogen and oxygen atoms in total. The van der Waals surface area contributed by atoms with Gasteiger partial charge in [-0.05, 0) is 29.9 Å². The molecule has 4 heteroatoms. The number of nitrogens with zero attached hydrogens (tertiary/aromatic N) is 1. The van der Waals surface area contributed by atoms with Crippen LogP contribution in [0, 0.1) is 28.6 Å². The van der Waals surface area contributed by atoms with Gasteiger partial charge in [-0.3, -0.25) is 0 Å². The first-order valence-electron chi connectivity index (χ1n) is 6.64. The van der Waals surface area contributed by atoms with Gasteiger partial charge in [-0.25, -0.2) is 4.79 Å². The fourth-order valence-electron chi connectivity index (χ4n) is 2.48. The molecular weight excluding hydrogens is 238 g/mol. The van der Waals surface area contributed by atoms with Crippen molar-refractivity contribution in [2.24, 2.45) is 23.0 Å². The maximum absolute atomic E-state index is 11.3. The van der Waals surface area contributed by atoms with Gasteiger partial charge in [0.1, 0.15) is 0 Å². The van der Waals surface area contributed by atoms with Crippen molar-refractivity contribution >= 4 is 6.03 Å². The Bertz CT molecular complexity index is 480. The SMILES string of the molecule is CC(C)C1=C(NC(N)=O)C(C)(C(C)C)CC(C#N)=C1. The molecule has 2 amide bonds. The molecule has 0 aromatic heterocycles. The standard InChI is InChI=1S/C15H23N3O/c1-9(2)12-6-11(8-16)7-15(5,10(3)4)13(12)18-14(17)19/h6,9-10H,7H2,1-5H3,(H3,17,18,19). The van der Waals surface area contributed by atoms with E-state index >= 15 is 0 Å². The van der Waals surface area contributed by atoms with Gasteiger partial charge in [0, 0.05) is 16.7 Å². The van der Waals surface area contributed by atoms with Gasteiger partial charge >= 0.3 is 6.03 Å². The van der Waals surface area contributed by atoms with Gasteiger partial charge in [-0.1, -0.05) is 34.6 Å². The average molecular weight is 261 g/mol. The van der Waals surface area contributed by atoms with Gasteiger partial charge < -0.3 is 11.1 Å². The van der Waals surface area contributed by atoms with Crippen LogP contribution >= 0.6 is 0 Å². The van der Waals surface area contributed by atoms with E-state index in [1.807, 2.05) is 6.08 Å². The number of urea groups is 1. The van der Waals surface area contributed by atoms with E-state index in [-0.39, 0.29) is 11.3 Å². The predicted molar refractivity (Wildman–Crippen MR) is 75.8 cm³/mol. The Labute approximate surface area is 115 Å². The van der Waals surface area contributed by atoms with Crippen molar-refractivity contribution in [2.45, 2.75) is 41.0 Å². The number of carbonyl (C=O) groups excluding carboxylic acids is 1. The second kappa shape index (κ2) is 5.48. The largest absolute Gasteiger partial charge is 0.351 e. The fraction of sp³-hybridized carbons (Fsp3) is 0.600. The molecule has 0 aromatic carbocycles.